The van der Waals surface area contributed by atoms with Crippen molar-refractivity contribution in [2.75, 3.05) is 0 Å². The highest BCUT2D eigenvalue weighted by molar-refractivity contribution is 5.54. The Kier molecular flexibility index (Phi) is 2.63. The van der Waals surface area contributed by atoms with Gasteiger partial charge in [-0.25, -0.2) is 0 Å². The molecule has 2 aromatic rings. The molecular weight excluding hydrogens is 228 g/mol. The molecule has 5 heteroatoms. The number of nitrogens with one attached hydrogen (secondary N) is 1. The molecule has 2 heterocycles. The van der Waals surface area contributed by atoms with Gasteiger partial charge in [0.1, 0.15) is 11.8 Å². The molecule has 1 aliphatic rings. The second-order valence-electron chi connectivity index (χ2n) is 4.99. The highest BCUT2D eigenvalue weighted by Gasteiger charge is 2.27. The van der Waals surface area contributed by atoms with Gasteiger partial charge in [-0.3, -0.25) is 0 Å². The fourth-order valence-electron chi connectivity index (χ4n) is 2.54. The minimum absolute atomic E-state index is 0.423. The average molecular weight is 242 g/mol. The van der Waals surface area contributed by atoms with Gasteiger partial charge < -0.3 is 9.51 Å². The van der Waals surface area contributed by atoms with E-state index in [9.17, 15) is 0 Å². The van der Waals surface area contributed by atoms with Crippen LogP contribution in [-0.2, 0) is 0 Å². The van der Waals surface area contributed by atoms with Gasteiger partial charge >= 0.3 is 0 Å². The molecule has 2 aromatic heterocycles. The highest BCUT2D eigenvalue weighted by atomic mass is 16.5. The van der Waals surface area contributed by atoms with E-state index in [0.29, 0.717) is 17.5 Å². The van der Waals surface area contributed by atoms with Gasteiger partial charge in [0.2, 0.25) is 0 Å². The van der Waals surface area contributed by atoms with Crippen molar-refractivity contribution in [3.05, 3.63) is 23.8 Å². The fraction of sp³-hybridized carbons (Fsp3) is 0.462. The first kappa shape index (κ1) is 11.0. The third kappa shape index (κ3) is 1.90. The number of aromatic nitrogens is 3. The minimum Gasteiger partial charge on any atom is -0.352 e. The molecule has 1 fully saturated rings. The van der Waals surface area contributed by atoms with Crippen LogP contribution in [0.4, 0.5) is 0 Å². The summed E-state index contributed by atoms with van der Waals surface area (Å²) in [6, 6.07) is 3.76. The molecule has 2 unspecified atom stereocenters. The quantitative estimate of drug-likeness (QED) is 0.878. The number of rotatable bonds is 2. The van der Waals surface area contributed by atoms with Crippen LogP contribution in [0.1, 0.15) is 43.6 Å². The molecule has 5 nitrogen and oxygen atoms in total. The Bertz CT molecular complexity index is 592. The standard InChI is InChI=1S/C13H14N4O/c1-8-2-3-9(4-8)12-16-13(18-17-12)10-5-11(6-14)15-7-10/h5,7-9,15H,2-4H2,1H3. The molecule has 0 aromatic carbocycles. The molecule has 0 amide bonds. The zero-order valence-electron chi connectivity index (χ0n) is 10.2. The SMILES string of the molecule is CC1CCC(c2noc(-c3c[nH]c(C#N)c3)n2)C1. The van der Waals surface area contributed by atoms with Crippen molar-refractivity contribution < 1.29 is 4.52 Å². The van der Waals surface area contributed by atoms with E-state index in [2.05, 4.69) is 22.0 Å². The van der Waals surface area contributed by atoms with Gasteiger partial charge in [0.15, 0.2) is 5.82 Å². The number of nitriles is 1. The van der Waals surface area contributed by atoms with Crippen LogP contribution in [-0.4, -0.2) is 15.1 Å². The largest absolute Gasteiger partial charge is 0.352 e. The van der Waals surface area contributed by atoms with Crippen molar-refractivity contribution >= 4 is 0 Å². The van der Waals surface area contributed by atoms with Gasteiger partial charge in [0, 0.05) is 12.1 Å². The maximum absolute atomic E-state index is 8.76. The third-order valence-electron chi connectivity index (χ3n) is 3.55. The van der Waals surface area contributed by atoms with E-state index < -0.39 is 0 Å². The van der Waals surface area contributed by atoms with Gasteiger partial charge in [0.25, 0.3) is 5.89 Å². The number of nitrogens with zero attached hydrogens (tertiary/aromatic N) is 3. The summed E-state index contributed by atoms with van der Waals surface area (Å²) in [5.74, 6) is 2.46. The van der Waals surface area contributed by atoms with E-state index >= 15 is 0 Å². The second-order valence-corrected chi connectivity index (χ2v) is 4.99. The molecular formula is C13H14N4O. The average Bonchev–Trinajstić information content (AvgIpc) is 3.07. The first-order valence-corrected chi connectivity index (χ1v) is 6.18. The van der Waals surface area contributed by atoms with Crippen molar-refractivity contribution in [1.82, 2.24) is 15.1 Å². The van der Waals surface area contributed by atoms with Crippen LogP contribution in [0.2, 0.25) is 0 Å². The molecule has 2 atom stereocenters. The van der Waals surface area contributed by atoms with E-state index in [-0.39, 0.29) is 0 Å². The lowest BCUT2D eigenvalue weighted by atomic mass is 10.1. The Morgan fingerprint density at radius 1 is 1.50 bits per heavy atom. The van der Waals surface area contributed by atoms with Crippen LogP contribution in [0.5, 0.6) is 0 Å². The highest BCUT2D eigenvalue weighted by Crippen LogP contribution is 2.37. The summed E-state index contributed by atoms with van der Waals surface area (Å²) in [5.41, 5.74) is 1.27. The Labute approximate surface area is 105 Å². The molecule has 0 bridgehead atoms. The molecule has 18 heavy (non-hydrogen) atoms. The van der Waals surface area contributed by atoms with Crippen LogP contribution >= 0.6 is 0 Å². The lowest BCUT2D eigenvalue weighted by Crippen LogP contribution is -1.95. The van der Waals surface area contributed by atoms with Crippen LogP contribution in [0.3, 0.4) is 0 Å². The molecule has 0 saturated heterocycles. The van der Waals surface area contributed by atoms with Crippen molar-refractivity contribution in [3.63, 3.8) is 0 Å². The maximum Gasteiger partial charge on any atom is 0.259 e. The molecule has 0 radical (unpaired) electrons. The Morgan fingerprint density at radius 2 is 2.39 bits per heavy atom. The van der Waals surface area contributed by atoms with Crippen LogP contribution < -0.4 is 0 Å². The molecule has 1 aliphatic carbocycles. The van der Waals surface area contributed by atoms with E-state index in [4.69, 9.17) is 9.78 Å². The Hall–Kier alpha value is -2.09. The molecule has 0 aliphatic heterocycles. The summed E-state index contributed by atoms with van der Waals surface area (Å²) in [5, 5.41) is 12.8. The summed E-state index contributed by atoms with van der Waals surface area (Å²) in [7, 11) is 0. The number of aromatic amines is 1. The van der Waals surface area contributed by atoms with Crippen molar-refractivity contribution in [2.24, 2.45) is 5.92 Å². The summed E-state index contributed by atoms with van der Waals surface area (Å²) in [6.45, 7) is 2.26. The van der Waals surface area contributed by atoms with Gasteiger partial charge in [-0.05, 0) is 31.2 Å². The summed E-state index contributed by atoms with van der Waals surface area (Å²) < 4.78 is 5.27. The predicted molar refractivity (Wildman–Crippen MR) is 64.6 cm³/mol. The van der Waals surface area contributed by atoms with Crippen LogP contribution in [0.25, 0.3) is 11.5 Å². The van der Waals surface area contributed by atoms with Crippen molar-refractivity contribution in [1.29, 1.82) is 5.26 Å². The molecule has 3 rings (SSSR count). The summed E-state index contributed by atoms with van der Waals surface area (Å²) in [4.78, 5) is 7.29. The van der Waals surface area contributed by atoms with Crippen molar-refractivity contribution in [2.45, 2.75) is 32.1 Å². The van der Waals surface area contributed by atoms with Crippen molar-refractivity contribution in [3.8, 4) is 17.5 Å². The monoisotopic (exact) mass is 242 g/mol. The van der Waals surface area contributed by atoms with Gasteiger partial charge in [-0.2, -0.15) is 10.2 Å². The van der Waals surface area contributed by atoms with Gasteiger partial charge in [0.05, 0.1) is 5.56 Å². The summed E-state index contributed by atoms with van der Waals surface area (Å²) >= 11 is 0. The fourth-order valence-corrected chi connectivity index (χ4v) is 2.54. The van der Waals surface area contributed by atoms with E-state index in [1.807, 2.05) is 6.07 Å². The summed E-state index contributed by atoms with van der Waals surface area (Å²) in [6.07, 6.45) is 5.22. The number of hydrogen-bond donors (Lipinski definition) is 1. The van der Waals surface area contributed by atoms with E-state index in [1.54, 1.807) is 12.3 Å². The lowest BCUT2D eigenvalue weighted by Gasteiger charge is -2.01. The molecule has 92 valence electrons. The molecule has 1 N–H and O–H groups in total. The topological polar surface area (TPSA) is 78.5 Å². The lowest BCUT2D eigenvalue weighted by molar-refractivity contribution is 0.415. The van der Waals surface area contributed by atoms with E-state index in [0.717, 1.165) is 30.1 Å². The Balaban J connectivity index is 1.83. The smallest absolute Gasteiger partial charge is 0.259 e. The normalized spacial score (nSPS) is 23.1. The van der Waals surface area contributed by atoms with Gasteiger partial charge in [-0.1, -0.05) is 12.1 Å². The molecule has 1 saturated carbocycles. The van der Waals surface area contributed by atoms with E-state index in [1.165, 1.54) is 6.42 Å². The minimum atomic E-state index is 0.423. The zero-order chi connectivity index (χ0) is 12.5. The number of hydrogen-bond acceptors (Lipinski definition) is 4. The maximum atomic E-state index is 8.76. The zero-order valence-corrected chi connectivity index (χ0v) is 10.2. The van der Waals surface area contributed by atoms with Crippen LogP contribution in [0.15, 0.2) is 16.8 Å². The van der Waals surface area contributed by atoms with Crippen LogP contribution in [0, 0.1) is 17.2 Å². The predicted octanol–water partition coefficient (Wildman–Crippen LogP) is 2.84. The second kappa shape index (κ2) is 4.30. The third-order valence-corrected chi connectivity index (χ3v) is 3.55. The Morgan fingerprint density at radius 3 is 3.06 bits per heavy atom. The first-order valence-electron chi connectivity index (χ1n) is 6.18. The number of H-pyrrole nitrogens is 1. The molecule has 0 spiro atoms. The van der Waals surface area contributed by atoms with Gasteiger partial charge in [-0.15, -0.1) is 0 Å². The first-order chi connectivity index (χ1) is 8.76.